The number of hydrogen-bond acceptors (Lipinski definition) is 4. The maximum absolute atomic E-state index is 14.0. The third kappa shape index (κ3) is 2.74. The van der Waals surface area contributed by atoms with Gasteiger partial charge in [-0.3, -0.25) is 0 Å². The van der Waals surface area contributed by atoms with Gasteiger partial charge in [-0.25, -0.2) is 9.07 Å². The molecule has 0 radical (unpaired) electrons. The summed E-state index contributed by atoms with van der Waals surface area (Å²) in [6.07, 6.45) is 0. The van der Waals surface area contributed by atoms with Crippen LogP contribution in [0.15, 0.2) is 42.5 Å². The zero-order valence-electron chi connectivity index (χ0n) is 11.5. The van der Waals surface area contributed by atoms with Crippen molar-refractivity contribution < 1.29 is 4.39 Å². The minimum absolute atomic E-state index is 0.335. The number of rotatable bonds is 3. The first-order valence-corrected chi connectivity index (χ1v) is 6.50. The molecule has 0 aliphatic carbocycles. The SMILES string of the molecule is Cc1cccc(Cn2nnnc2-c2ccc(N)cc2F)c1. The smallest absolute Gasteiger partial charge is 0.185 e. The van der Waals surface area contributed by atoms with E-state index in [1.165, 1.54) is 6.07 Å². The Bertz CT molecular complexity index is 781. The summed E-state index contributed by atoms with van der Waals surface area (Å²) in [5.74, 6) is -0.0516. The topological polar surface area (TPSA) is 69.6 Å². The molecule has 21 heavy (non-hydrogen) atoms. The molecule has 0 unspecified atom stereocenters. The molecule has 0 spiro atoms. The van der Waals surface area contributed by atoms with Crippen LogP contribution in [0.25, 0.3) is 11.4 Å². The molecule has 3 aromatic rings. The molecule has 2 N–H and O–H groups in total. The van der Waals surface area contributed by atoms with Crippen LogP contribution < -0.4 is 5.73 Å². The highest BCUT2D eigenvalue weighted by Crippen LogP contribution is 2.22. The number of nitrogens with zero attached hydrogens (tertiary/aromatic N) is 4. The van der Waals surface area contributed by atoms with Crippen molar-refractivity contribution >= 4 is 5.69 Å². The van der Waals surface area contributed by atoms with Crippen molar-refractivity contribution in [2.45, 2.75) is 13.5 Å². The summed E-state index contributed by atoms with van der Waals surface area (Å²) in [4.78, 5) is 0. The summed E-state index contributed by atoms with van der Waals surface area (Å²) in [5.41, 5.74) is 8.47. The van der Waals surface area contributed by atoms with Gasteiger partial charge in [0.2, 0.25) is 0 Å². The standard InChI is InChI=1S/C15H14FN5/c1-10-3-2-4-11(7-10)9-21-15(18-19-20-21)13-6-5-12(17)8-14(13)16/h2-8H,9,17H2,1H3. The highest BCUT2D eigenvalue weighted by atomic mass is 19.1. The van der Waals surface area contributed by atoms with Gasteiger partial charge in [0.05, 0.1) is 12.1 Å². The fourth-order valence-electron chi connectivity index (χ4n) is 2.20. The third-order valence-electron chi connectivity index (χ3n) is 3.18. The van der Waals surface area contributed by atoms with E-state index in [-0.39, 0.29) is 0 Å². The Balaban J connectivity index is 1.97. The van der Waals surface area contributed by atoms with E-state index in [1.54, 1.807) is 16.8 Å². The zero-order chi connectivity index (χ0) is 14.8. The summed E-state index contributed by atoms with van der Waals surface area (Å²) in [6, 6.07) is 12.5. The minimum atomic E-state index is -0.435. The molecule has 0 amide bonds. The molecular formula is C15H14FN5. The third-order valence-corrected chi connectivity index (χ3v) is 3.18. The van der Waals surface area contributed by atoms with Crippen LogP contribution in [0.1, 0.15) is 11.1 Å². The molecule has 0 saturated heterocycles. The van der Waals surface area contributed by atoms with E-state index in [0.29, 0.717) is 23.6 Å². The normalized spacial score (nSPS) is 10.8. The van der Waals surface area contributed by atoms with Crippen LogP contribution in [0, 0.1) is 12.7 Å². The van der Waals surface area contributed by atoms with Crippen LogP contribution in [0.2, 0.25) is 0 Å². The van der Waals surface area contributed by atoms with Crippen LogP contribution >= 0.6 is 0 Å². The summed E-state index contributed by atoms with van der Waals surface area (Å²) in [6.45, 7) is 2.50. The molecule has 106 valence electrons. The fourth-order valence-corrected chi connectivity index (χ4v) is 2.20. The molecule has 3 rings (SSSR count). The van der Waals surface area contributed by atoms with Crippen molar-refractivity contribution in [3.05, 3.63) is 59.4 Å². The van der Waals surface area contributed by atoms with Crippen LogP contribution in [-0.2, 0) is 6.54 Å². The van der Waals surface area contributed by atoms with Crippen LogP contribution in [0.4, 0.5) is 10.1 Å². The summed E-state index contributed by atoms with van der Waals surface area (Å²) in [7, 11) is 0. The number of nitrogen functional groups attached to an aromatic ring is 1. The minimum Gasteiger partial charge on any atom is -0.399 e. The Kier molecular flexibility index (Phi) is 3.35. The molecule has 0 aliphatic heterocycles. The van der Waals surface area contributed by atoms with Gasteiger partial charge >= 0.3 is 0 Å². The molecule has 0 aliphatic rings. The zero-order valence-corrected chi connectivity index (χ0v) is 11.5. The van der Waals surface area contributed by atoms with E-state index < -0.39 is 5.82 Å². The molecule has 0 fully saturated rings. The average Bonchev–Trinajstić information content (AvgIpc) is 2.87. The lowest BCUT2D eigenvalue weighted by molar-refractivity contribution is 0.621. The maximum Gasteiger partial charge on any atom is 0.185 e. The van der Waals surface area contributed by atoms with Gasteiger partial charge in [0.15, 0.2) is 5.82 Å². The molecule has 0 bridgehead atoms. The molecular weight excluding hydrogens is 269 g/mol. The van der Waals surface area contributed by atoms with Gasteiger partial charge in [0.1, 0.15) is 5.82 Å². The van der Waals surface area contributed by atoms with Crippen LogP contribution in [0.3, 0.4) is 0 Å². The monoisotopic (exact) mass is 283 g/mol. The number of hydrogen-bond donors (Lipinski definition) is 1. The Morgan fingerprint density at radius 1 is 1.19 bits per heavy atom. The molecule has 0 saturated carbocycles. The first kappa shape index (κ1) is 13.2. The Morgan fingerprint density at radius 3 is 2.81 bits per heavy atom. The lowest BCUT2D eigenvalue weighted by Gasteiger charge is -2.07. The molecule has 6 heteroatoms. The van der Waals surface area contributed by atoms with Crippen molar-refractivity contribution in [1.29, 1.82) is 0 Å². The number of tetrazole rings is 1. The van der Waals surface area contributed by atoms with Gasteiger partial charge < -0.3 is 5.73 Å². The Morgan fingerprint density at radius 2 is 2.05 bits per heavy atom. The van der Waals surface area contributed by atoms with E-state index in [2.05, 4.69) is 15.5 Å². The number of benzene rings is 2. The first-order chi connectivity index (χ1) is 10.1. The first-order valence-electron chi connectivity index (χ1n) is 6.50. The van der Waals surface area contributed by atoms with E-state index in [9.17, 15) is 4.39 Å². The van der Waals surface area contributed by atoms with Crippen molar-refractivity contribution in [1.82, 2.24) is 20.2 Å². The van der Waals surface area contributed by atoms with E-state index >= 15 is 0 Å². The van der Waals surface area contributed by atoms with Gasteiger partial charge in [-0.15, -0.1) is 5.10 Å². The summed E-state index contributed by atoms with van der Waals surface area (Å²) >= 11 is 0. The number of anilines is 1. The maximum atomic E-state index is 14.0. The van der Waals surface area contributed by atoms with E-state index in [0.717, 1.165) is 11.1 Å². The lowest BCUT2D eigenvalue weighted by atomic mass is 10.1. The predicted molar refractivity (Wildman–Crippen MR) is 77.9 cm³/mol. The lowest BCUT2D eigenvalue weighted by Crippen LogP contribution is -2.05. The molecule has 0 atom stereocenters. The van der Waals surface area contributed by atoms with Crippen LogP contribution in [0.5, 0.6) is 0 Å². The fraction of sp³-hybridized carbons (Fsp3) is 0.133. The van der Waals surface area contributed by atoms with Crippen molar-refractivity contribution in [2.75, 3.05) is 5.73 Å². The largest absolute Gasteiger partial charge is 0.399 e. The summed E-state index contributed by atoms with van der Waals surface area (Å²) < 4.78 is 15.6. The quantitative estimate of drug-likeness (QED) is 0.749. The second kappa shape index (κ2) is 5.32. The number of aromatic nitrogens is 4. The highest BCUT2D eigenvalue weighted by Gasteiger charge is 2.14. The molecule has 1 heterocycles. The number of halogens is 1. The van der Waals surface area contributed by atoms with Gasteiger partial charge in [-0.2, -0.15) is 0 Å². The highest BCUT2D eigenvalue weighted by molar-refractivity contribution is 5.59. The van der Waals surface area contributed by atoms with Crippen LogP contribution in [-0.4, -0.2) is 20.2 Å². The van der Waals surface area contributed by atoms with E-state index in [1.807, 2.05) is 31.2 Å². The van der Waals surface area contributed by atoms with Crippen molar-refractivity contribution in [3.63, 3.8) is 0 Å². The Labute approximate surface area is 121 Å². The average molecular weight is 283 g/mol. The molecule has 1 aromatic heterocycles. The van der Waals surface area contributed by atoms with Gasteiger partial charge in [-0.1, -0.05) is 29.8 Å². The number of nitrogens with two attached hydrogens (primary N) is 1. The Hall–Kier alpha value is -2.76. The van der Waals surface area contributed by atoms with Crippen molar-refractivity contribution in [2.24, 2.45) is 0 Å². The second-order valence-electron chi connectivity index (χ2n) is 4.89. The molecule has 2 aromatic carbocycles. The van der Waals surface area contributed by atoms with Gasteiger partial charge in [0.25, 0.3) is 0 Å². The number of aryl methyl sites for hydroxylation is 1. The van der Waals surface area contributed by atoms with Gasteiger partial charge in [0, 0.05) is 5.69 Å². The molecule has 5 nitrogen and oxygen atoms in total. The van der Waals surface area contributed by atoms with Gasteiger partial charge in [-0.05, 0) is 41.1 Å². The van der Waals surface area contributed by atoms with Crippen molar-refractivity contribution in [3.8, 4) is 11.4 Å². The second-order valence-corrected chi connectivity index (χ2v) is 4.89. The van der Waals surface area contributed by atoms with E-state index in [4.69, 9.17) is 5.73 Å². The predicted octanol–water partition coefficient (Wildman–Crippen LogP) is 2.42. The summed E-state index contributed by atoms with van der Waals surface area (Å²) in [5, 5.41) is 11.5.